The van der Waals surface area contributed by atoms with Gasteiger partial charge in [-0.1, -0.05) is 24.9 Å². The maximum atomic E-state index is 11.4. The number of ether oxygens (including phenoxy) is 3. The normalized spacial score (nSPS) is 16.0. The van der Waals surface area contributed by atoms with Crippen molar-refractivity contribution >= 4 is 25.1 Å². The van der Waals surface area contributed by atoms with Crippen LogP contribution in [0.1, 0.15) is 22.2 Å². The molecule has 1 aliphatic rings. The lowest BCUT2D eigenvalue weighted by atomic mass is 10.1. The van der Waals surface area contributed by atoms with Crippen LogP contribution >= 0.6 is 0 Å². The molecule has 2 aromatic rings. The third kappa shape index (κ3) is 4.24. The van der Waals surface area contributed by atoms with E-state index in [0.717, 1.165) is 6.04 Å². The van der Waals surface area contributed by atoms with Gasteiger partial charge in [-0.2, -0.15) is 0 Å². The smallest absolute Gasteiger partial charge is 0.335 e. The number of carboxylic acids is 1. The van der Waals surface area contributed by atoms with Crippen molar-refractivity contribution in [1.82, 2.24) is 15.0 Å². The fraction of sp³-hybridized carbons (Fsp3) is 0.562. The number of aromatic carboxylic acids is 1. The van der Waals surface area contributed by atoms with E-state index < -0.39 is 20.3 Å². The SMILES string of the molecule is C[Si](C)(C)CCOCn1nnc2cc(C(=O)O)cc(C3OCCO3)c21. The van der Waals surface area contributed by atoms with Crippen LogP contribution in [0.2, 0.25) is 25.7 Å². The number of carboxylic acid groups (broad SMARTS) is 1. The Bertz CT molecular complexity index is 765. The quantitative estimate of drug-likeness (QED) is 0.595. The minimum Gasteiger partial charge on any atom is -0.478 e. The molecule has 1 aromatic heterocycles. The van der Waals surface area contributed by atoms with Gasteiger partial charge in [0.05, 0.1) is 24.3 Å². The van der Waals surface area contributed by atoms with Crippen molar-refractivity contribution < 1.29 is 24.1 Å². The van der Waals surface area contributed by atoms with Gasteiger partial charge in [-0.05, 0) is 18.2 Å². The van der Waals surface area contributed by atoms with Crippen molar-refractivity contribution in [3.63, 3.8) is 0 Å². The monoisotopic (exact) mass is 365 g/mol. The van der Waals surface area contributed by atoms with E-state index in [1.807, 2.05) is 0 Å². The molecule has 0 aliphatic carbocycles. The van der Waals surface area contributed by atoms with Gasteiger partial charge in [0, 0.05) is 20.2 Å². The molecule has 0 radical (unpaired) electrons. The third-order valence-corrected chi connectivity index (χ3v) is 5.67. The number of fused-ring (bicyclic) bond motifs is 1. The molecule has 1 saturated heterocycles. The van der Waals surface area contributed by atoms with E-state index in [4.69, 9.17) is 14.2 Å². The standard InChI is InChI=1S/C16H23N3O5Si/c1-25(2,3)7-6-22-10-19-14-12(16-23-4-5-24-16)8-11(15(20)21)9-13(14)17-18-19/h8-9,16H,4-7,10H2,1-3H3,(H,20,21). The molecule has 0 unspecified atom stereocenters. The van der Waals surface area contributed by atoms with E-state index in [1.165, 1.54) is 6.07 Å². The zero-order chi connectivity index (χ0) is 18.0. The highest BCUT2D eigenvalue weighted by Crippen LogP contribution is 2.30. The molecule has 3 rings (SSSR count). The van der Waals surface area contributed by atoms with Crippen LogP contribution in [0.5, 0.6) is 0 Å². The van der Waals surface area contributed by atoms with Crippen LogP contribution in [-0.2, 0) is 20.9 Å². The lowest BCUT2D eigenvalue weighted by molar-refractivity contribution is -0.0434. The number of hydrogen-bond donors (Lipinski definition) is 1. The number of aromatic nitrogens is 3. The van der Waals surface area contributed by atoms with Crippen molar-refractivity contribution in [2.45, 2.75) is 38.7 Å². The summed E-state index contributed by atoms with van der Waals surface area (Å²) >= 11 is 0. The van der Waals surface area contributed by atoms with Crippen LogP contribution in [0.3, 0.4) is 0 Å². The fourth-order valence-corrected chi connectivity index (χ4v) is 3.36. The molecule has 8 nitrogen and oxygen atoms in total. The van der Waals surface area contributed by atoms with Gasteiger partial charge in [-0.15, -0.1) is 5.10 Å². The molecule has 2 heterocycles. The summed E-state index contributed by atoms with van der Waals surface area (Å²) in [5.74, 6) is -1.03. The predicted molar refractivity (Wildman–Crippen MR) is 93.2 cm³/mol. The molecule has 1 fully saturated rings. The van der Waals surface area contributed by atoms with E-state index in [2.05, 4.69) is 30.0 Å². The van der Waals surface area contributed by atoms with Gasteiger partial charge in [0.25, 0.3) is 0 Å². The summed E-state index contributed by atoms with van der Waals surface area (Å²) in [4.78, 5) is 11.4. The number of rotatable bonds is 7. The molecule has 1 aromatic carbocycles. The molecule has 1 N–H and O–H groups in total. The molecule has 0 atom stereocenters. The summed E-state index contributed by atoms with van der Waals surface area (Å²) < 4.78 is 18.5. The van der Waals surface area contributed by atoms with Gasteiger partial charge in [0.2, 0.25) is 0 Å². The van der Waals surface area contributed by atoms with Crippen molar-refractivity contribution in [3.8, 4) is 0 Å². The van der Waals surface area contributed by atoms with Crippen molar-refractivity contribution in [2.75, 3.05) is 19.8 Å². The first-order valence-electron chi connectivity index (χ1n) is 8.26. The largest absolute Gasteiger partial charge is 0.478 e. The molecule has 0 saturated carbocycles. The Balaban J connectivity index is 1.88. The Labute approximate surface area is 146 Å². The first-order valence-corrected chi connectivity index (χ1v) is 12.0. The van der Waals surface area contributed by atoms with Gasteiger partial charge in [0.1, 0.15) is 12.2 Å². The summed E-state index contributed by atoms with van der Waals surface area (Å²) in [6, 6.07) is 4.12. The van der Waals surface area contributed by atoms with Gasteiger partial charge in [-0.3, -0.25) is 0 Å². The molecule has 9 heteroatoms. The molecular formula is C16H23N3O5Si. The average Bonchev–Trinajstić information content (AvgIpc) is 3.19. The van der Waals surface area contributed by atoms with Gasteiger partial charge in [0.15, 0.2) is 6.29 Å². The maximum absolute atomic E-state index is 11.4. The number of nitrogens with zero attached hydrogens (tertiary/aromatic N) is 3. The van der Waals surface area contributed by atoms with E-state index in [9.17, 15) is 9.90 Å². The number of benzene rings is 1. The van der Waals surface area contributed by atoms with E-state index in [1.54, 1.807) is 10.7 Å². The third-order valence-electron chi connectivity index (χ3n) is 3.97. The zero-order valence-electron chi connectivity index (χ0n) is 14.7. The Morgan fingerprint density at radius 1 is 1.36 bits per heavy atom. The molecular weight excluding hydrogens is 342 g/mol. The lowest BCUT2D eigenvalue weighted by Crippen LogP contribution is -2.22. The minimum atomic E-state index is -1.16. The first kappa shape index (κ1) is 18.0. The van der Waals surface area contributed by atoms with Crippen LogP contribution in [0.25, 0.3) is 11.0 Å². The molecule has 0 amide bonds. The molecule has 0 spiro atoms. The Hall–Kier alpha value is -1.81. The van der Waals surface area contributed by atoms with E-state index in [0.29, 0.717) is 36.4 Å². The van der Waals surface area contributed by atoms with Gasteiger partial charge < -0.3 is 19.3 Å². The fourth-order valence-electron chi connectivity index (χ4n) is 2.61. The van der Waals surface area contributed by atoms with Crippen LogP contribution in [0.15, 0.2) is 12.1 Å². The maximum Gasteiger partial charge on any atom is 0.335 e. The summed E-state index contributed by atoms with van der Waals surface area (Å²) in [5, 5.41) is 17.5. The summed E-state index contributed by atoms with van der Waals surface area (Å²) in [7, 11) is -1.16. The Kier molecular flexibility index (Phi) is 5.18. The molecule has 136 valence electrons. The van der Waals surface area contributed by atoms with Crippen molar-refractivity contribution in [2.24, 2.45) is 0 Å². The van der Waals surface area contributed by atoms with Crippen molar-refractivity contribution in [1.29, 1.82) is 0 Å². The molecule has 1 aliphatic heterocycles. The van der Waals surface area contributed by atoms with Crippen molar-refractivity contribution in [3.05, 3.63) is 23.3 Å². The van der Waals surface area contributed by atoms with E-state index >= 15 is 0 Å². The minimum absolute atomic E-state index is 0.133. The van der Waals surface area contributed by atoms with Gasteiger partial charge >= 0.3 is 5.97 Å². The second-order valence-corrected chi connectivity index (χ2v) is 12.9. The summed E-state index contributed by atoms with van der Waals surface area (Å²) in [6.07, 6.45) is -0.610. The average molecular weight is 365 g/mol. The first-order chi connectivity index (χ1) is 11.8. The van der Waals surface area contributed by atoms with Crippen LogP contribution in [0, 0.1) is 0 Å². The second kappa shape index (κ2) is 7.20. The van der Waals surface area contributed by atoms with Gasteiger partial charge in [-0.25, -0.2) is 9.48 Å². The van der Waals surface area contributed by atoms with Crippen LogP contribution < -0.4 is 0 Å². The van der Waals surface area contributed by atoms with Crippen LogP contribution in [-0.4, -0.2) is 54.0 Å². The lowest BCUT2D eigenvalue weighted by Gasteiger charge is -2.16. The highest BCUT2D eigenvalue weighted by molar-refractivity contribution is 6.76. The zero-order valence-corrected chi connectivity index (χ0v) is 15.7. The Morgan fingerprint density at radius 2 is 2.08 bits per heavy atom. The molecule has 0 bridgehead atoms. The molecule has 25 heavy (non-hydrogen) atoms. The highest BCUT2D eigenvalue weighted by Gasteiger charge is 2.25. The predicted octanol–water partition coefficient (Wildman–Crippen LogP) is 2.49. The second-order valence-electron chi connectivity index (χ2n) is 7.25. The Morgan fingerprint density at radius 3 is 2.72 bits per heavy atom. The van der Waals surface area contributed by atoms with E-state index in [-0.39, 0.29) is 12.3 Å². The number of hydrogen-bond acceptors (Lipinski definition) is 6. The summed E-state index contributed by atoms with van der Waals surface area (Å²) in [5.41, 5.74) is 1.92. The van der Waals surface area contributed by atoms with Crippen LogP contribution in [0.4, 0.5) is 0 Å². The number of carbonyl (C=O) groups is 1. The topological polar surface area (TPSA) is 95.7 Å². The highest BCUT2D eigenvalue weighted by atomic mass is 28.3. The summed E-state index contributed by atoms with van der Waals surface area (Å²) in [6.45, 7) is 8.74.